The summed E-state index contributed by atoms with van der Waals surface area (Å²) in [4.78, 5) is 11.9. The molecular weight excluding hydrogens is 236 g/mol. The van der Waals surface area contributed by atoms with Gasteiger partial charge in [0.1, 0.15) is 0 Å². The first-order chi connectivity index (χ1) is 9.33. The van der Waals surface area contributed by atoms with Gasteiger partial charge in [-0.05, 0) is 68.3 Å². The van der Waals surface area contributed by atoms with E-state index >= 15 is 0 Å². The van der Waals surface area contributed by atoms with E-state index < -0.39 is 0 Å². The fraction of sp³-hybridized carbons (Fsp3) is 0.562. The van der Waals surface area contributed by atoms with Crippen LogP contribution in [-0.2, 0) is 0 Å². The first-order valence-corrected chi connectivity index (χ1v) is 7.42. The number of nitrogens with one attached hydrogen (secondary N) is 2. The van der Waals surface area contributed by atoms with Gasteiger partial charge in [0.25, 0.3) is 5.91 Å². The SMILES string of the molecule is O=C(NCC1CC1)c1ccc(C2CCNCC2)cc1. The van der Waals surface area contributed by atoms with Gasteiger partial charge >= 0.3 is 0 Å². The Balaban J connectivity index is 1.58. The van der Waals surface area contributed by atoms with Gasteiger partial charge in [0, 0.05) is 12.1 Å². The Kier molecular flexibility index (Phi) is 3.83. The summed E-state index contributed by atoms with van der Waals surface area (Å²) in [6.45, 7) is 3.05. The van der Waals surface area contributed by atoms with Crippen LogP contribution in [0.25, 0.3) is 0 Å². The Hall–Kier alpha value is -1.35. The number of hydrogen-bond donors (Lipinski definition) is 2. The van der Waals surface area contributed by atoms with E-state index in [1.165, 1.54) is 31.2 Å². The highest BCUT2D eigenvalue weighted by Crippen LogP contribution is 2.28. The fourth-order valence-corrected chi connectivity index (χ4v) is 2.72. The van der Waals surface area contributed by atoms with E-state index in [0.29, 0.717) is 5.92 Å². The second kappa shape index (κ2) is 5.74. The lowest BCUT2D eigenvalue weighted by molar-refractivity contribution is 0.0952. The smallest absolute Gasteiger partial charge is 0.251 e. The maximum absolute atomic E-state index is 11.9. The largest absolute Gasteiger partial charge is 0.352 e. The summed E-state index contributed by atoms with van der Waals surface area (Å²) in [6, 6.07) is 8.20. The zero-order chi connectivity index (χ0) is 13.1. The van der Waals surface area contributed by atoms with Gasteiger partial charge in [-0.15, -0.1) is 0 Å². The summed E-state index contributed by atoms with van der Waals surface area (Å²) in [5.74, 6) is 1.46. The summed E-state index contributed by atoms with van der Waals surface area (Å²) in [6.07, 6.45) is 4.95. The molecule has 1 aliphatic carbocycles. The first-order valence-electron chi connectivity index (χ1n) is 7.42. The second-order valence-electron chi connectivity index (χ2n) is 5.80. The van der Waals surface area contributed by atoms with Crippen molar-refractivity contribution in [2.45, 2.75) is 31.6 Å². The lowest BCUT2D eigenvalue weighted by Gasteiger charge is -2.23. The van der Waals surface area contributed by atoms with Gasteiger partial charge in [0.15, 0.2) is 0 Å². The molecule has 0 spiro atoms. The van der Waals surface area contributed by atoms with Crippen molar-refractivity contribution in [2.24, 2.45) is 5.92 Å². The third-order valence-electron chi connectivity index (χ3n) is 4.23. The van der Waals surface area contributed by atoms with Gasteiger partial charge in [-0.25, -0.2) is 0 Å². The summed E-state index contributed by atoms with van der Waals surface area (Å²) >= 11 is 0. The van der Waals surface area contributed by atoms with Crippen molar-refractivity contribution in [3.63, 3.8) is 0 Å². The third-order valence-corrected chi connectivity index (χ3v) is 4.23. The van der Waals surface area contributed by atoms with Crippen LogP contribution in [0.3, 0.4) is 0 Å². The highest BCUT2D eigenvalue weighted by atomic mass is 16.1. The molecule has 19 heavy (non-hydrogen) atoms. The summed E-state index contributed by atoms with van der Waals surface area (Å²) in [5.41, 5.74) is 2.17. The van der Waals surface area contributed by atoms with Crippen molar-refractivity contribution >= 4 is 5.91 Å². The third kappa shape index (κ3) is 3.35. The highest BCUT2D eigenvalue weighted by Gasteiger charge is 2.22. The summed E-state index contributed by atoms with van der Waals surface area (Å²) in [5, 5.41) is 6.39. The molecule has 1 amide bonds. The molecule has 0 aromatic heterocycles. The molecule has 0 bridgehead atoms. The monoisotopic (exact) mass is 258 g/mol. The Morgan fingerprint density at radius 3 is 2.42 bits per heavy atom. The van der Waals surface area contributed by atoms with Gasteiger partial charge in [-0.3, -0.25) is 4.79 Å². The van der Waals surface area contributed by atoms with Gasteiger partial charge in [-0.2, -0.15) is 0 Å². The number of amides is 1. The number of rotatable bonds is 4. The van der Waals surface area contributed by atoms with Gasteiger partial charge in [0.05, 0.1) is 0 Å². The minimum absolute atomic E-state index is 0.0729. The van der Waals surface area contributed by atoms with Crippen molar-refractivity contribution in [3.8, 4) is 0 Å². The molecule has 1 saturated carbocycles. The van der Waals surface area contributed by atoms with Crippen molar-refractivity contribution < 1.29 is 4.79 Å². The number of piperidine rings is 1. The Labute approximate surface area is 114 Å². The average molecular weight is 258 g/mol. The molecule has 0 radical (unpaired) electrons. The molecule has 3 heteroatoms. The average Bonchev–Trinajstić information content (AvgIpc) is 3.30. The maximum atomic E-state index is 11.9. The van der Waals surface area contributed by atoms with Crippen molar-refractivity contribution in [1.29, 1.82) is 0 Å². The molecule has 0 unspecified atom stereocenters. The molecule has 3 nitrogen and oxygen atoms in total. The fourth-order valence-electron chi connectivity index (χ4n) is 2.72. The second-order valence-corrected chi connectivity index (χ2v) is 5.80. The van der Waals surface area contributed by atoms with Crippen LogP contribution in [0.5, 0.6) is 0 Å². The molecule has 102 valence electrons. The van der Waals surface area contributed by atoms with E-state index in [1.54, 1.807) is 0 Å². The minimum Gasteiger partial charge on any atom is -0.352 e. The summed E-state index contributed by atoms with van der Waals surface area (Å²) in [7, 11) is 0. The van der Waals surface area contributed by atoms with E-state index in [4.69, 9.17) is 0 Å². The van der Waals surface area contributed by atoms with E-state index in [9.17, 15) is 4.79 Å². The molecular formula is C16H22N2O. The van der Waals surface area contributed by atoms with Crippen LogP contribution in [0.4, 0.5) is 0 Å². The van der Waals surface area contributed by atoms with E-state index in [0.717, 1.165) is 31.1 Å². The van der Waals surface area contributed by atoms with Crippen LogP contribution in [0.1, 0.15) is 47.5 Å². The molecule has 2 N–H and O–H groups in total. The van der Waals surface area contributed by atoms with Gasteiger partial charge in [-0.1, -0.05) is 12.1 Å². The molecule has 1 aromatic carbocycles. The van der Waals surface area contributed by atoms with Crippen molar-refractivity contribution in [1.82, 2.24) is 10.6 Å². The Morgan fingerprint density at radius 2 is 1.79 bits per heavy atom. The van der Waals surface area contributed by atoms with Crippen LogP contribution in [0.2, 0.25) is 0 Å². The quantitative estimate of drug-likeness (QED) is 0.870. The maximum Gasteiger partial charge on any atom is 0.251 e. The van der Waals surface area contributed by atoms with Crippen LogP contribution >= 0.6 is 0 Å². The highest BCUT2D eigenvalue weighted by molar-refractivity contribution is 5.94. The number of benzene rings is 1. The lowest BCUT2D eigenvalue weighted by Crippen LogP contribution is -2.27. The first kappa shape index (κ1) is 12.7. The number of carbonyl (C=O) groups is 1. The standard InChI is InChI=1S/C16H22N2O/c19-16(18-11-12-1-2-12)15-5-3-13(4-6-15)14-7-9-17-10-8-14/h3-6,12,14,17H,1-2,7-11H2,(H,18,19). The van der Waals surface area contributed by atoms with E-state index in [1.807, 2.05) is 12.1 Å². The normalized spacial score (nSPS) is 20.2. The molecule has 1 aliphatic heterocycles. The molecule has 1 heterocycles. The topological polar surface area (TPSA) is 41.1 Å². The molecule has 3 rings (SSSR count). The molecule has 0 atom stereocenters. The zero-order valence-corrected chi connectivity index (χ0v) is 11.3. The van der Waals surface area contributed by atoms with Crippen LogP contribution in [0, 0.1) is 5.92 Å². The Bertz CT molecular complexity index is 431. The molecule has 1 aromatic rings. The number of hydrogen-bond acceptors (Lipinski definition) is 2. The van der Waals surface area contributed by atoms with Crippen LogP contribution < -0.4 is 10.6 Å². The molecule has 2 aliphatic rings. The zero-order valence-electron chi connectivity index (χ0n) is 11.3. The molecule has 2 fully saturated rings. The van der Waals surface area contributed by atoms with Crippen molar-refractivity contribution in [2.75, 3.05) is 19.6 Å². The van der Waals surface area contributed by atoms with E-state index in [-0.39, 0.29) is 5.91 Å². The Morgan fingerprint density at radius 1 is 1.11 bits per heavy atom. The number of carbonyl (C=O) groups excluding carboxylic acids is 1. The molecule has 1 saturated heterocycles. The van der Waals surface area contributed by atoms with Gasteiger partial charge in [0.2, 0.25) is 0 Å². The van der Waals surface area contributed by atoms with Crippen LogP contribution in [0.15, 0.2) is 24.3 Å². The van der Waals surface area contributed by atoms with Crippen LogP contribution in [-0.4, -0.2) is 25.5 Å². The van der Waals surface area contributed by atoms with E-state index in [2.05, 4.69) is 22.8 Å². The predicted octanol–water partition coefficient (Wildman–Crippen LogP) is 2.29. The lowest BCUT2D eigenvalue weighted by atomic mass is 9.90. The van der Waals surface area contributed by atoms with Crippen molar-refractivity contribution in [3.05, 3.63) is 35.4 Å². The summed E-state index contributed by atoms with van der Waals surface area (Å²) < 4.78 is 0. The predicted molar refractivity (Wildman–Crippen MR) is 76.3 cm³/mol. The van der Waals surface area contributed by atoms with Gasteiger partial charge < -0.3 is 10.6 Å². The minimum atomic E-state index is 0.0729.